The van der Waals surface area contributed by atoms with E-state index in [2.05, 4.69) is 39.5 Å². The van der Waals surface area contributed by atoms with Crippen molar-refractivity contribution < 1.29 is 5.23 Å². The molecule has 0 aromatic heterocycles. The van der Waals surface area contributed by atoms with E-state index in [1.54, 1.807) is 0 Å². The zero-order valence-corrected chi connectivity index (χ0v) is 6.73. The fourth-order valence-corrected chi connectivity index (χ4v) is 1.15. The van der Waals surface area contributed by atoms with Gasteiger partial charge in [0, 0.05) is 6.04 Å². The normalized spacial score (nSPS) is 12.8. The average Bonchev–Trinajstić information content (AvgIpc) is 1.21. The highest BCUT2D eigenvalue weighted by Gasteiger charge is 2.11. The van der Waals surface area contributed by atoms with Crippen molar-refractivity contribution in [2.24, 2.45) is 0 Å². The summed E-state index contributed by atoms with van der Waals surface area (Å²) >= 11 is 0. The maximum atomic E-state index is 2.42. The number of hydrogen-bond acceptors (Lipinski definition) is 0. The van der Waals surface area contributed by atoms with Crippen LogP contribution in [0.3, 0.4) is 0 Å². The minimum absolute atomic E-state index is 0.162. The highest BCUT2D eigenvalue weighted by atomic mass is 14.8. The summed E-state index contributed by atoms with van der Waals surface area (Å²) in [6.07, 6.45) is -0.162. The minimum Gasteiger partial charge on any atom is -0.535 e. The van der Waals surface area contributed by atoms with Gasteiger partial charge in [0.05, 0.1) is 0 Å². The molecule has 0 bridgehead atoms. The van der Waals surface area contributed by atoms with Crippen molar-refractivity contribution in [1.29, 1.82) is 0 Å². The summed E-state index contributed by atoms with van der Waals surface area (Å²) in [6.45, 7) is 11.3. The number of hydrogen-bond donors (Lipinski definition) is 1. The van der Waals surface area contributed by atoms with Gasteiger partial charge in [-0.3, -0.25) is 0 Å². The maximum Gasteiger partial charge on any atom is 0.198 e. The monoisotopic (exact) mass is 115 g/mol. The van der Waals surface area contributed by atoms with Gasteiger partial charge in [-0.1, -0.05) is 0 Å². The van der Waals surface area contributed by atoms with Crippen LogP contribution in [0, 0.1) is 0 Å². The van der Waals surface area contributed by atoms with E-state index >= 15 is 0 Å². The van der Waals surface area contributed by atoms with Crippen LogP contribution in [0.25, 0.3) is 0 Å². The van der Waals surface area contributed by atoms with Crippen LogP contribution in [0.5, 0.6) is 0 Å². The molecule has 0 aromatic rings. The molecule has 0 aliphatic carbocycles. The van der Waals surface area contributed by atoms with E-state index in [1.807, 2.05) is 0 Å². The van der Waals surface area contributed by atoms with Gasteiger partial charge in [-0.2, -0.15) is 0 Å². The molecule has 0 fully saturated rings. The molecule has 0 amide bonds. The van der Waals surface area contributed by atoms with Gasteiger partial charge in [0.2, 0.25) is 0 Å². The van der Waals surface area contributed by atoms with Gasteiger partial charge in [0.15, 0.2) is 6.28 Å². The molecule has 0 rings (SSSR count). The molecular formula is C6H18BN. The lowest BCUT2D eigenvalue weighted by molar-refractivity contribution is -0.563. The summed E-state index contributed by atoms with van der Waals surface area (Å²) < 4.78 is 0. The third-order valence-electron chi connectivity index (χ3n) is 0.962. The molecule has 0 radical (unpaired) electrons. The lowest BCUT2D eigenvalue weighted by atomic mass is 9.41. The second kappa shape index (κ2) is 2.54. The van der Waals surface area contributed by atoms with E-state index in [4.69, 9.17) is 0 Å². The Morgan fingerprint density at radius 1 is 1.12 bits per heavy atom. The number of quaternary nitrogens is 1. The molecule has 0 aliphatic rings. The zero-order chi connectivity index (χ0) is 6.78. The summed E-state index contributed by atoms with van der Waals surface area (Å²) in [7, 11) is 0. The molecule has 0 aliphatic heterocycles. The lowest BCUT2D eigenvalue weighted by Crippen LogP contribution is -3.00. The van der Waals surface area contributed by atoms with Crippen LogP contribution in [0.1, 0.15) is 13.8 Å². The summed E-state index contributed by atoms with van der Waals surface area (Å²) in [5, 5.41) is 2.42. The van der Waals surface area contributed by atoms with Crippen molar-refractivity contribution in [3.8, 4) is 0 Å². The molecule has 0 atom stereocenters. The van der Waals surface area contributed by atoms with Crippen molar-refractivity contribution in [3.05, 3.63) is 0 Å². The molecule has 2 heteroatoms. The molecule has 0 unspecified atom stereocenters. The van der Waals surface area contributed by atoms with E-state index in [-0.39, 0.29) is 6.28 Å². The Morgan fingerprint density at radius 3 is 1.50 bits per heavy atom. The molecule has 2 N–H and O–H groups in total. The fraction of sp³-hybridized carbons (Fsp3) is 1.00. The van der Waals surface area contributed by atoms with E-state index in [9.17, 15) is 0 Å². The summed E-state index contributed by atoms with van der Waals surface area (Å²) in [4.78, 5) is 0. The van der Waals surface area contributed by atoms with Crippen molar-refractivity contribution in [1.82, 2.24) is 0 Å². The standard InChI is InChI=1S/C6H18BN/c1-6(2)8-7(3,4)5/h6H,8H2,1-5H3. The quantitative estimate of drug-likeness (QED) is 0.512. The third-order valence-corrected chi connectivity index (χ3v) is 0.962. The van der Waals surface area contributed by atoms with Crippen molar-refractivity contribution >= 4 is 6.28 Å². The molecule has 0 saturated heterocycles. The Balaban J connectivity index is 3.39. The van der Waals surface area contributed by atoms with Gasteiger partial charge in [-0.05, 0) is 13.8 Å². The minimum atomic E-state index is -0.162. The largest absolute Gasteiger partial charge is 0.535 e. The first-order valence-electron chi connectivity index (χ1n) is 3.55. The smallest absolute Gasteiger partial charge is 0.198 e. The van der Waals surface area contributed by atoms with Gasteiger partial charge < -0.3 is 5.23 Å². The fourth-order valence-electron chi connectivity index (χ4n) is 1.15. The Bertz CT molecular complexity index is 63.4. The summed E-state index contributed by atoms with van der Waals surface area (Å²) in [5.74, 6) is 0. The van der Waals surface area contributed by atoms with Crippen LogP contribution in [0.15, 0.2) is 0 Å². The molecule has 50 valence electrons. The van der Waals surface area contributed by atoms with Crippen LogP contribution < -0.4 is 5.23 Å². The molecule has 1 nitrogen and oxygen atoms in total. The van der Waals surface area contributed by atoms with Crippen LogP contribution in [0.2, 0.25) is 20.5 Å². The molecule has 0 spiro atoms. The van der Waals surface area contributed by atoms with Crippen molar-refractivity contribution in [3.63, 3.8) is 0 Å². The van der Waals surface area contributed by atoms with Crippen LogP contribution in [-0.4, -0.2) is 12.3 Å². The number of rotatable bonds is 2. The average molecular weight is 115 g/mol. The molecular weight excluding hydrogens is 96.9 g/mol. The highest BCUT2D eigenvalue weighted by Crippen LogP contribution is 1.85. The molecule has 8 heavy (non-hydrogen) atoms. The number of nitrogens with two attached hydrogens (primary N) is 1. The second-order valence-corrected chi connectivity index (χ2v) is 4.17. The summed E-state index contributed by atoms with van der Waals surface area (Å²) in [5.41, 5.74) is 0. The topological polar surface area (TPSA) is 16.6 Å². The van der Waals surface area contributed by atoms with Gasteiger partial charge in [0.1, 0.15) is 0 Å². The van der Waals surface area contributed by atoms with Crippen LogP contribution >= 0.6 is 0 Å². The first-order valence-corrected chi connectivity index (χ1v) is 3.55. The molecule has 0 saturated carbocycles. The Morgan fingerprint density at radius 2 is 1.50 bits per heavy atom. The second-order valence-electron chi connectivity index (χ2n) is 4.17. The third kappa shape index (κ3) is 6.02. The van der Waals surface area contributed by atoms with Gasteiger partial charge in [-0.15, -0.1) is 20.5 Å². The predicted molar refractivity (Wildman–Crippen MR) is 40.4 cm³/mol. The van der Waals surface area contributed by atoms with E-state index < -0.39 is 0 Å². The van der Waals surface area contributed by atoms with Crippen molar-refractivity contribution in [2.75, 3.05) is 0 Å². The highest BCUT2D eigenvalue weighted by molar-refractivity contribution is 6.67. The van der Waals surface area contributed by atoms with E-state index in [1.165, 1.54) is 0 Å². The Hall–Kier alpha value is 0.0249. The Labute approximate surface area is 52.8 Å². The van der Waals surface area contributed by atoms with Gasteiger partial charge in [0.25, 0.3) is 0 Å². The molecule has 0 aromatic carbocycles. The predicted octanol–water partition coefficient (Wildman–Crippen LogP) is 0.793. The SMILES string of the molecule is CC(C)[NH2+][B-](C)(C)C. The van der Waals surface area contributed by atoms with Gasteiger partial charge >= 0.3 is 0 Å². The first-order chi connectivity index (χ1) is 3.42. The zero-order valence-electron chi connectivity index (χ0n) is 6.73. The lowest BCUT2D eigenvalue weighted by Gasteiger charge is -2.24. The van der Waals surface area contributed by atoms with Crippen LogP contribution in [0.4, 0.5) is 0 Å². The van der Waals surface area contributed by atoms with E-state index in [0.717, 1.165) is 6.04 Å². The van der Waals surface area contributed by atoms with E-state index in [0.29, 0.717) is 0 Å². The Kier molecular flexibility index (Phi) is 2.55. The maximum absolute atomic E-state index is 2.42. The van der Waals surface area contributed by atoms with Crippen molar-refractivity contribution in [2.45, 2.75) is 40.4 Å². The van der Waals surface area contributed by atoms with Gasteiger partial charge in [-0.25, -0.2) is 0 Å². The first kappa shape index (κ1) is 8.02. The molecule has 0 heterocycles. The van der Waals surface area contributed by atoms with Crippen LogP contribution in [-0.2, 0) is 0 Å². The summed E-state index contributed by atoms with van der Waals surface area (Å²) in [6, 6.07) is 0.745.